The van der Waals surface area contributed by atoms with Gasteiger partial charge in [-0.2, -0.15) is 17.5 Å². The van der Waals surface area contributed by atoms with Crippen molar-refractivity contribution < 1.29 is 36.2 Å². The Morgan fingerprint density at radius 1 is 1.06 bits per heavy atom. The second kappa shape index (κ2) is 12.5. The standard InChI is InChI=1S/C19H22N4O3S2.C2HF3O2/c1-3-23(4-2)14-18-20-19(27-21-18)22-28(24,25)17-12-10-16(11-13-17)26-15-8-6-5-7-9-15;3-2(4,5)1(6)7/h5-13H,3-4,14H2,1-2H3,(H,20,21,22);(H,6,7). The van der Waals surface area contributed by atoms with E-state index in [0.29, 0.717) is 23.9 Å². The second-order valence-corrected chi connectivity index (χ2v) is 9.21. The van der Waals surface area contributed by atoms with Crippen LogP contribution in [0.4, 0.5) is 18.3 Å². The van der Waals surface area contributed by atoms with Gasteiger partial charge in [0, 0.05) is 11.5 Å². The Kier molecular flexibility index (Phi) is 9.98. The molecule has 0 amide bonds. The van der Waals surface area contributed by atoms with E-state index in [-0.39, 0.29) is 10.0 Å². The molecular weight excluding hydrogens is 509 g/mol. The van der Waals surface area contributed by atoms with Crippen LogP contribution in [0, 0.1) is 0 Å². The normalized spacial score (nSPS) is 11.5. The fourth-order valence-electron chi connectivity index (χ4n) is 2.49. The predicted octanol–water partition coefficient (Wildman–Crippen LogP) is 4.61. The van der Waals surface area contributed by atoms with Crippen LogP contribution in [0.25, 0.3) is 0 Å². The molecule has 0 aliphatic rings. The van der Waals surface area contributed by atoms with Gasteiger partial charge in [-0.25, -0.2) is 18.2 Å². The lowest BCUT2D eigenvalue weighted by Gasteiger charge is -2.15. The van der Waals surface area contributed by atoms with Crippen molar-refractivity contribution in [1.82, 2.24) is 14.3 Å². The molecule has 3 aromatic rings. The number of sulfonamides is 1. The average molecular weight is 533 g/mol. The summed E-state index contributed by atoms with van der Waals surface area (Å²) in [5.41, 5.74) is 0. The fourth-order valence-corrected chi connectivity index (χ4v) is 4.29. The topological polar surface area (TPSA) is 122 Å². The van der Waals surface area contributed by atoms with Crippen LogP contribution in [0.15, 0.2) is 59.5 Å². The van der Waals surface area contributed by atoms with E-state index in [9.17, 15) is 21.6 Å². The number of aliphatic carboxylic acids is 1. The Morgan fingerprint density at radius 3 is 2.11 bits per heavy atom. The number of carboxylic acid groups (broad SMARTS) is 1. The Hall–Kier alpha value is -3.23. The number of rotatable bonds is 9. The molecule has 1 heterocycles. The third-order valence-electron chi connectivity index (χ3n) is 4.30. The maximum Gasteiger partial charge on any atom is 0.490 e. The molecule has 0 aliphatic carbocycles. The summed E-state index contributed by atoms with van der Waals surface area (Å²) in [6.07, 6.45) is -5.08. The lowest BCUT2D eigenvalue weighted by Crippen LogP contribution is -2.22. The van der Waals surface area contributed by atoms with Gasteiger partial charge in [-0.05, 0) is 49.5 Å². The van der Waals surface area contributed by atoms with Gasteiger partial charge in [0.25, 0.3) is 10.0 Å². The van der Waals surface area contributed by atoms with Crippen LogP contribution in [0.1, 0.15) is 19.7 Å². The monoisotopic (exact) mass is 532 g/mol. The van der Waals surface area contributed by atoms with E-state index >= 15 is 0 Å². The van der Waals surface area contributed by atoms with E-state index in [2.05, 4.69) is 32.8 Å². The molecule has 3 rings (SSSR count). The Balaban J connectivity index is 0.000000540. The van der Waals surface area contributed by atoms with Gasteiger partial charge in [-0.1, -0.05) is 32.0 Å². The number of carboxylic acids is 1. The molecule has 0 spiro atoms. The number of ether oxygens (including phenoxy) is 1. The lowest BCUT2D eigenvalue weighted by molar-refractivity contribution is -0.192. The van der Waals surface area contributed by atoms with Gasteiger partial charge < -0.3 is 9.84 Å². The van der Waals surface area contributed by atoms with Gasteiger partial charge in [0.15, 0.2) is 5.82 Å². The number of alkyl halides is 3. The van der Waals surface area contributed by atoms with Gasteiger partial charge >= 0.3 is 12.1 Å². The molecular formula is C21H23F3N4O5S2. The zero-order valence-electron chi connectivity index (χ0n) is 18.7. The SMILES string of the molecule is CCN(CC)Cc1nsc(NS(=O)(=O)c2ccc(Oc3ccccc3)cc2)n1.O=C(O)C(F)(F)F. The van der Waals surface area contributed by atoms with Gasteiger partial charge in [0.1, 0.15) is 11.5 Å². The van der Waals surface area contributed by atoms with Crippen LogP contribution in [-0.2, 0) is 21.4 Å². The highest BCUT2D eigenvalue weighted by molar-refractivity contribution is 7.93. The van der Waals surface area contributed by atoms with E-state index in [1.165, 1.54) is 12.1 Å². The Labute approximate surface area is 204 Å². The molecule has 0 radical (unpaired) electrons. The minimum Gasteiger partial charge on any atom is -0.475 e. The van der Waals surface area contributed by atoms with Crippen molar-refractivity contribution in [1.29, 1.82) is 0 Å². The predicted molar refractivity (Wildman–Crippen MR) is 124 cm³/mol. The maximum absolute atomic E-state index is 12.6. The van der Waals surface area contributed by atoms with E-state index in [1.54, 1.807) is 12.1 Å². The summed E-state index contributed by atoms with van der Waals surface area (Å²) in [7, 11) is -3.74. The minimum atomic E-state index is -5.08. The molecule has 0 aliphatic heterocycles. The molecule has 0 unspecified atom stereocenters. The zero-order valence-corrected chi connectivity index (χ0v) is 20.3. The molecule has 190 valence electrons. The van der Waals surface area contributed by atoms with Gasteiger partial charge in [0.2, 0.25) is 5.13 Å². The first-order valence-electron chi connectivity index (χ1n) is 10.2. The first-order chi connectivity index (χ1) is 16.4. The molecule has 0 atom stereocenters. The highest BCUT2D eigenvalue weighted by Crippen LogP contribution is 2.24. The third kappa shape index (κ3) is 9.15. The zero-order chi connectivity index (χ0) is 26.1. The van der Waals surface area contributed by atoms with Crippen LogP contribution < -0.4 is 9.46 Å². The quantitative estimate of drug-likeness (QED) is 0.410. The fraction of sp³-hybridized carbons (Fsp3) is 0.286. The van der Waals surface area contributed by atoms with Gasteiger partial charge in [0.05, 0.1) is 11.4 Å². The average Bonchev–Trinajstić information content (AvgIpc) is 3.24. The van der Waals surface area contributed by atoms with Crippen LogP contribution >= 0.6 is 11.5 Å². The van der Waals surface area contributed by atoms with Gasteiger partial charge in [-0.3, -0.25) is 9.62 Å². The summed E-state index contributed by atoms with van der Waals surface area (Å²) >= 11 is 1.04. The van der Waals surface area contributed by atoms with Crippen molar-refractivity contribution in [3.8, 4) is 11.5 Å². The number of para-hydroxylation sites is 1. The van der Waals surface area contributed by atoms with Crippen molar-refractivity contribution in [3.05, 3.63) is 60.4 Å². The molecule has 0 saturated carbocycles. The number of nitrogens with zero attached hydrogens (tertiary/aromatic N) is 3. The molecule has 9 nitrogen and oxygen atoms in total. The molecule has 2 N–H and O–H groups in total. The minimum absolute atomic E-state index is 0.133. The molecule has 0 bridgehead atoms. The van der Waals surface area contributed by atoms with Crippen molar-refractivity contribution in [2.24, 2.45) is 0 Å². The second-order valence-electron chi connectivity index (χ2n) is 6.77. The summed E-state index contributed by atoms with van der Waals surface area (Å²) in [5, 5.41) is 7.38. The summed E-state index contributed by atoms with van der Waals surface area (Å²) < 4.78 is 69.3. The number of benzene rings is 2. The van der Waals surface area contributed by atoms with Gasteiger partial charge in [-0.15, -0.1) is 0 Å². The van der Waals surface area contributed by atoms with Crippen LogP contribution in [0.5, 0.6) is 11.5 Å². The van der Waals surface area contributed by atoms with Crippen molar-refractivity contribution in [3.63, 3.8) is 0 Å². The smallest absolute Gasteiger partial charge is 0.475 e. The number of halogens is 3. The first-order valence-corrected chi connectivity index (χ1v) is 12.4. The summed E-state index contributed by atoms with van der Waals surface area (Å²) in [6.45, 7) is 6.48. The highest BCUT2D eigenvalue weighted by Gasteiger charge is 2.38. The number of hydrogen-bond donors (Lipinski definition) is 2. The van der Waals surface area contributed by atoms with E-state index < -0.39 is 22.2 Å². The molecule has 35 heavy (non-hydrogen) atoms. The Bertz CT molecular complexity index is 1180. The number of hydrogen-bond acceptors (Lipinski definition) is 8. The maximum atomic E-state index is 12.6. The molecule has 0 fully saturated rings. The number of carbonyl (C=O) groups is 1. The van der Waals surface area contributed by atoms with Crippen LogP contribution in [0.3, 0.4) is 0 Å². The Morgan fingerprint density at radius 2 is 1.60 bits per heavy atom. The molecule has 0 saturated heterocycles. The molecule has 2 aromatic carbocycles. The van der Waals surface area contributed by atoms with E-state index in [1.807, 2.05) is 30.3 Å². The summed E-state index contributed by atoms with van der Waals surface area (Å²) in [4.78, 5) is 15.5. The lowest BCUT2D eigenvalue weighted by atomic mass is 10.3. The van der Waals surface area contributed by atoms with Crippen LogP contribution in [0.2, 0.25) is 0 Å². The van der Waals surface area contributed by atoms with Crippen molar-refractivity contribution in [2.75, 3.05) is 17.8 Å². The highest BCUT2D eigenvalue weighted by atomic mass is 32.2. The van der Waals surface area contributed by atoms with Crippen LogP contribution in [-0.4, -0.2) is 53.0 Å². The van der Waals surface area contributed by atoms with Crippen molar-refractivity contribution >= 4 is 32.7 Å². The van der Waals surface area contributed by atoms with E-state index in [0.717, 1.165) is 24.6 Å². The molecule has 1 aromatic heterocycles. The first kappa shape index (κ1) is 28.0. The third-order valence-corrected chi connectivity index (χ3v) is 6.46. The largest absolute Gasteiger partial charge is 0.490 e. The molecule has 14 heteroatoms. The summed E-state index contributed by atoms with van der Waals surface area (Å²) in [6, 6.07) is 15.5. The number of anilines is 1. The number of aromatic nitrogens is 2. The van der Waals surface area contributed by atoms with E-state index in [4.69, 9.17) is 14.6 Å². The number of nitrogens with one attached hydrogen (secondary N) is 1. The summed E-state index contributed by atoms with van der Waals surface area (Å²) in [5.74, 6) is -0.904. The van der Waals surface area contributed by atoms with Crippen molar-refractivity contribution in [2.45, 2.75) is 31.5 Å².